The minimum absolute atomic E-state index is 0.0227. The molecule has 0 bridgehead atoms. The van der Waals surface area contributed by atoms with Crippen molar-refractivity contribution in [1.82, 2.24) is 14.7 Å². The largest absolute Gasteiger partial charge is 0.324 e. The molecule has 0 fully saturated rings. The maximum absolute atomic E-state index is 12.9. The van der Waals surface area contributed by atoms with E-state index in [2.05, 4.69) is 22.5 Å². The van der Waals surface area contributed by atoms with Gasteiger partial charge in [0.05, 0.1) is 18.8 Å². The molecule has 0 spiro atoms. The second-order valence-electron chi connectivity index (χ2n) is 7.64. The van der Waals surface area contributed by atoms with Crippen molar-refractivity contribution in [3.05, 3.63) is 96.3 Å². The first-order chi connectivity index (χ1) is 14.6. The third-order valence-electron chi connectivity index (χ3n) is 5.39. The molecule has 0 aliphatic carbocycles. The molecule has 1 heterocycles. The molecule has 1 N–H and O–H groups in total. The van der Waals surface area contributed by atoms with Gasteiger partial charge in [0.1, 0.15) is 0 Å². The number of rotatable bonds is 7. The minimum Gasteiger partial charge on any atom is -0.324 e. The van der Waals surface area contributed by atoms with Gasteiger partial charge in [-0.25, -0.2) is 0 Å². The van der Waals surface area contributed by atoms with Gasteiger partial charge in [0.25, 0.3) is 0 Å². The summed E-state index contributed by atoms with van der Waals surface area (Å²) in [5.74, 6) is -0.0227. The van der Waals surface area contributed by atoms with Gasteiger partial charge in [0, 0.05) is 29.4 Å². The summed E-state index contributed by atoms with van der Waals surface area (Å²) in [5, 5.41) is 9.71. The fourth-order valence-electron chi connectivity index (χ4n) is 3.54. The molecular formula is C25H26N4O. The molecule has 0 saturated heterocycles. The van der Waals surface area contributed by atoms with E-state index in [4.69, 9.17) is 0 Å². The molecule has 0 aliphatic heterocycles. The molecule has 3 aromatic carbocycles. The van der Waals surface area contributed by atoms with E-state index in [1.165, 1.54) is 5.56 Å². The lowest BCUT2D eigenvalue weighted by Gasteiger charge is -2.23. The lowest BCUT2D eigenvalue weighted by atomic mass is 10.1. The van der Waals surface area contributed by atoms with E-state index >= 15 is 0 Å². The van der Waals surface area contributed by atoms with Crippen LogP contribution < -0.4 is 5.32 Å². The summed E-state index contributed by atoms with van der Waals surface area (Å²) >= 11 is 0. The minimum atomic E-state index is -0.276. The molecule has 30 heavy (non-hydrogen) atoms. The van der Waals surface area contributed by atoms with Gasteiger partial charge in [0.15, 0.2) is 0 Å². The van der Waals surface area contributed by atoms with Crippen LogP contribution >= 0.6 is 0 Å². The van der Waals surface area contributed by atoms with Crippen LogP contribution in [0.15, 0.2) is 85.2 Å². The van der Waals surface area contributed by atoms with Gasteiger partial charge in [0.2, 0.25) is 5.91 Å². The van der Waals surface area contributed by atoms with Crippen molar-refractivity contribution < 1.29 is 4.79 Å². The molecule has 0 unspecified atom stereocenters. The molecule has 4 rings (SSSR count). The smallest absolute Gasteiger partial charge is 0.241 e. The monoisotopic (exact) mass is 398 g/mol. The molecule has 1 atom stereocenters. The van der Waals surface area contributed by atoms with Crippen LogP contribution in [-0.4, -0.2) is 33.7 Å². The van der Waals surface area contributed by atoms with Crippen molar-refractivity contribution in [2.45, 2.75) is 26.1 Å². The molecule has 1 aromatic heterocycles. The lowest BCUT2D eigenvalue weighted by molar-refractivity contribution is -0.120. The molecule has 152 valence electrons. The third-order valence-corrected chi connectivity index (χ3v) is 5.39. The number of nitrogens with one attached hydrogen (secondary N) is 1. The zero-order chi connectivity index (χ0) is 20.9. The molecule has 0 saturated carbocycles. The Bertz CT molecular complexity index is 1130. The first-order valence-electron chi connectivity index (χ1n) is 10.1. The van der Waals surface area contributed by atoms with Crippen LogP contribution in [0.4, 0.5) is 5.69 Å². The van der Waals surface area contributed by atoms with Crippen LogP contribution in [0.1, 0.15) is 18.1 Å². The second kappa shape index (κ2) is 8.93. The van der Waals surface area contributed by atoms with Gasteiger partial charge in [-0.05, 0) is 31.0 Å². The van der Waals surface area contributed by atoms with Gasteiger partial charge in [-0.1, -0.05) is 66.7 Å². The fraction of sp³-hybridized carbons (Fsp3) is 0.200. The van der Waals surface area contributed by atoms with Crippen molar-refractivity contribution >= 4 is 22.4 Å². The molecule has 0 aliphatic rings. The SMILES string of the molecule is C[C@@H](C(=O)Nc1cccc2ccccc12)N(C)Cc1cnn(Cc2ccccc2)c1. The number of nitrogens with zero attached hydrogens (tertiary/aromatic N) is 3. The molecule has 1 amide bonds. The number of likely N-dealkylation sites (N-methyl/N-ethyl adjacent to an activating group) is 1. The van der Waals surface area contributed by atoms with Crippen molar-refractivity contribution in [2.75, 3.05) is 12.4 Å². The number of hydrogen-bond donors (Lipinski definition) is 1. The number of anilines is 1. The average molecular weight is 399 g/mol. The normalized spacial score (nSPS) is 12.2. The standard InChI is InChI=1S/C25H26N4O/c1-19(25(30)27-24-14-8-12-22-11-6-7-13-23(22)24)28(2)16-21-15-26-29(18-21)17-20-9-4-3-5-10-20/h3-15,18-19H,16-17H2,1-2H3,(H,27,30)/t19-/m0/s1. The predicted molar refractivity (Wildman–Crippen MR) is 121 cm³/mol. The van der Waals surface area contributed by atoms with Crippen molar-refractivity contribution in [3.8, 4) is 0 Å². The summed E-state index contributed by atoms with van der Waals surface area (Å²) in [5.41, 5.74) is 3.13. The zero-order valence-corrected chi connectivity index (χ0v) is 17.3. The van der Waals surface area contributed by atoms with Gasteiger partial charge < -0.3 is 5.32 Å². The van der Waals surface area contributed by atoms with Gasteiger partial charge >= 0.3 is 0 Å². The van der Waals surface area contributed by atoms with E-state index < -0.39 is 0 Å². The molecular weight excluding hydrogens is 372 g/mol. The fourth-order valence-corrected chi connectivity index (χ4v) is 3.54. The van der Waals surface area contributed by atoms with Gasteiger partial charge in [-0.15, -0.1) is 0 Å². The number of carbonyl (C=O) groups excluding carboxylic acids is 1. The Morgan fingerprint density at radius 3 is 2.57 bits per heavy atom. The first kappa shape index (κ1) is 19.9. The number of amides is 1. The number of benzene rings is 3. The van der Waals surface area contributed by atoms with Crippen molar-refractivity contribution in [3.63, 3.8) is 0 Å². The number of fused-ring (bicyclic) bond motifs is 1. The van der Waals surface area contributed by atoms with Crippen molar-refractivity contribution in [2.24, 2.45) is 0 Å². The maximum atomic E-state index is 12.9. The summed E-state index contributed by atoms with van der Waals surface area (Å²) < 4.78 is 1.93. The van der Waals surface area contributed by atoms with Crippen LogP contribution in [-0.2, 0) is 17.9 Å². The molecule has 4 aromatic rings. The predicted octanol–water partition coefficient (Wildman–Crippen LogP) is 4.54. The summed E-state index contributed by atoms with van der Waals surface area (Å²) in [7, 11) is 1.96. The Hall–Kier alpha value is -3.44. The third kappa shape index (κ3) is 4.58. The summed E-state index contributed by atoms with van der Waals surface area (Å²) in [4.78, 5) is 14.9. The number of aromatic nitrogens is 2. The van der Waals surface area contributed by atoms with Crippen LogP contribution in [0, 0.1) is 0 Å². The Morgan fingerprint density at radius 1 is 1.00 bits per heavy atom. The highest BCUT2D eigenvalue weighted by atomic mass is 16.2. The van der Waals surface area contributed by atoms with Crippen LogP contribution in [0.3, 0.4) is 0 Å². The van der Waals surface area contributed by atoms with E-state index in [-0.39, 0.29) is 11.9 Å². The van der Waals surface area contributed by atoms with E-state index in [1.807, 2.05) is 96.6 Å². The summed E-state index contributed by atoms with van der Waals surface area (Å²) in [6.07, 6.45) is 3.91. The Morgan fingerprint density at radius 2 is 1.73 bits per heavy atom. The van der Waals surface area contributed by atoms with E-state index in [0.717, 1.165) is 28.6 Å². The second-order valence-corrected chi connectivity index (χ2v) is 7.64. The summed E-state index contributed by atoms with van der Waals surface area (Å²) in [6, 6.07) is 24.0. The Kier molecular flexibility index (Phi) is 5.91. The van der Waals surface area contributed by atoms with E-state index in [9.17, 15) is 4.79 Å². The van der Waals surface area contributed by atoms with E-state index in [1.54, 1.807) is 0 Å². The summed E-state index contributed by atoms with van der Waals surface area (Å²) in [6.45, 7) is 3.31. The van der Waals surface area contributed by atoms with Crippen molar-refractivity contribution in [1.29, 1.82) is 0 Å². The average Bonchev–Trinajstić information content (AvgIpc) is 3.20. The Labute approximate surface area is 176 Å². The van der Waals surface area contributed by atoms with Gasteiger partial charge in [-0.2, -0.15) is 5.10 Å². The first-order valence-corrected chi connectivity index (χ1v) is 10.1. The Balaban J connectivity index is 1.38. The highest BCUT2D eigenvalue weighted by Crippen LogP contribution is 2.23. The highest BCUT2D eigenvalue weighted by molar-refractivity contribution is 6.03. The zero-order valence-electron chi connectivity index (χ0n) is 17.3. The quantitative estimate of drug-likeness (QED) is 0.497. The lowest BCUT2D eigenvalue weighted by Crippen LogP contribution is -2.39. The molecule has 0 radical (unpaired) electrons. The maximum Gasteiger partial charge on any atom is 0.241 e. The van der Waals surface area contributed by atoms with Gasteiger partial charge in [-0.3, -0.25) is 14.4 Å². The van der Waals surface area contributed by atoms with Crippen LogP contribution in [0.2, 0.25) is 0 Å². The highest BCUT2D eigenvalue weighted by Gasteiger charge is 2.19. The van der Waals surface area contributed by atoms with Crippen LogP contribution in [0.5, 0.6) is 0 Å². The molecule has 5 heteroatoms. The number of carbonyl (C=O) groups is 1. The number of hydrogen-bond acceptors (Lipinski definition) is 3. The van der Waals surface area contributed by atoms with Crippen LogP contribution in [0.25, 0.3) is 10.8 Å². The van der Waals surface area contributed by atoms with E-state index in [0.29, 0.717) is 6.54 Å². The molecule has 5 nitrogen and oxygen atoms in total. The topological polar surface area (TPSA) is 50.2 Å².